The number of benzene rings is 3. The molecular formula is C29H32ClN3O3. The summed E-state index contributed by atoms with van der Waals surface area (Å²) in [6, 6.07) is 27.9. The van der Waals surface area contributed by atoms with E-state index in [2.05, 4.69) is 86.8 Å². The van der Waals surface area contributed by atoms with E-state index >= 15 is 0 Å². The largest absolute Gasteiger partial charge is 0.497 e. The van der Waals surface area contributed by atoms with Crippen molar-refractivity contribution in [2.45, 2.75) is 6.54 Å². The van der Waals surface area contributed by atoms with Crippen LogP contribution in [0.1, 0.15) is 0 Å². The zero-order chi connectivity index (χ0) is 22.9. The van der Waals surface area contributed by atoms with E-state index < -0.39 is 0 Å². The number of methoxy groups -OCH3 is 1. The monoisotopic (exact) mass is 505 g/mol. The highest BCUT2D eigenvalue weighted by atomic mass is 35.5. The minimum Gasteiger partial charge on any atom is -0.497 e. The van der Waals surface area contributed by atoms with Gasteiger partial charge in [0.1, 0.15) is 11.4 Å². The molecule has 0 amide bonds. The fraction of sp³-hybridized carbons (Fsp3) is 0.241. The van der Waals surface area contributed by atoms with Gasteiger partial charge in [0.05, 0.1) is 31.4 Å². The van der Waals surface area contributed by atoms with Crippen molar-refractivity contribution in [2.24, 2.45) is 0 Å². The minimum absolute atomic E-state index is 0. The van der Waals surface area contributed by atoms with E-state index in [0.717, 1.165) is 45.1 Å². The Morgan fingerprint density at radius 1 is 0.778 bits per heavy atom. The molecule has 1 saturated heterocycles. The molecule has 3 aromatic carbocycles. The first-order valence-electron chi connectivity index (χ1n) is 12.0. The summed E-state index contributed by atoms with van der Waals surface area (Å²) < 4.78 is 15.8. The highest BCUT2D eigenvalue weighted by Gasteiger charge is 2.22. The Hall–Kier alpha value is -3.29. The molecule has 0 aliphatic carbocycles. The van der Waals surface area contributed by atoms with Crippen molar-refractivity contribution < 1.29 is 14.9 Å². The molecule has 0 atom stereocenters. The van der Waals surface area contributed by atoms with Crippen LogP contribution in [-0.2, 0) is 11.3 Å². The Balaban J connectivity index is 0.00000152. The van der Waals surface area contributed by atoms with Gasteiger partial charge in [-0.3, -0.25) is 9.30 Å². The molecule has 2 N–H and O–H groups in total. The summed E-state index contributed by atoms with van der Waals surface area (Å²) in [4.78, 5) is 2.50. The van der Waals surface area contributed by atoms with Gasteiger partial charge in [-0.05, 0) is 35.4 Å². The van der Waals surface area contributed by atoms with Crippen LogP contribution in [0.2, 0.25) is 0 Å². The summed E-state index contributed by atoms with van der Waals surface area (Å²) in [5.74, 6) is 0.870. The third-order valence-electron chi connectivity index (χ3n) is 6.87. The first-order valence-corrected chi connectivity index (χ1v) is 12.0. The number of ether oxygens (including phenoxy) is 2. The number of para-hydroxylation sites is 2. The first-order chi connectivity index (χ1) is 16.8. The molecule has 0 spiro atoms. The normalized spacial score (nSPS) is 13.9. The van der Waals surface area contributed by atoms with E-state index in [1.807, 2.05) is 12.1 Å². The quantitative estimate of drug-likeness (QED) is 0.320. The molecule has 0 radical (unpaired) electrons. The van der Waals surface area contributed by atoms with Gasteiger partial charge in [-0.25, -0.2) is 0 Å². The van der Waals surface area contributed by atoms with Gasteiger partial charge in [0.2, 0.25) is 0 Å². The minimum atomic E-state index is 0. The third-order valence-corrected chi connectivity index (χ3v) is 6.87. The van der Waals surface area contributed by atoms with Crippen molar-refractivity contribution >= 4 is 29.1 Å². The summed E-state index contributed by atoms with van der Waals surface area (Å²) in [5, 5.41) is 0. The predicted molar refractivity (Wildman–Crippen MR) is 148 cm³/mol. The van der Waals surface area contributed by atoms with E-state index in [1.54, 1.807) is 7.11 Å². The lowest BCUT2D eigenvalue weighted by Crippen LogP contribution is -2.38. The van der Waals surface area contributed by atoms with Gasteiger partial charge >= 0.3 is 0 Å². The average Bonchev–Trinajstić information content (AvgIpc) is 3.44. The number of rotatable bonds is 6. The van der Waals surface area contributed by atoms with Gasteiger partial charge in [-0.2, -0.15) is 0 Å². The van der Waals surface area contributed by atoms with Crippen LogP contribution >= 0.6 is 12.4 Å². The molecule has 188 valence electrons. The van der Waals surface area contributed by atoms with Crippen LogP contribution in [0, 0.1) is 0 Å². The molecule has 6 rings (SSSR count). The molecule has 0 unspecified atom stereocenters. The Bertz CT molecular complexity index is 1420. The van der Waals surface area contributed by atoms with Gasteiger partial charge in [-0.15, -0.1) is 12.4 Å². The van der Waals surface area contributed by atoms with Crippen molar-refractivity contribution in [3.05, 3.63) is 85.1 Å². The number of hydrogen-bond acceptors (Lipinski definition) is 3. The van der Waals surface area contributed by atoms with Crippen molar-refractivity contribution in [1.29, 1.82) is 0 Å². The lowest BCUT2D eigenvalue weighted by atomic mass is 9.98. The summed E-state index contributed by atoms with van der Waals surface area (Å²) >= 11 is 0. The highest BCUT2D eigenvalue weighted by molar-refractivity contribution is 5.98. The van der Waals surface area contributed by atoms with Crippen LogP contribution in [0.4, 0.5) is 0 Å². The average molecular weight is 506 g/mol. The molecule has 36 heavy (non-hydrogen) atoms. The molecule has 1 aliphatic rings. The van der Waals surface area contributed by atoms with E-state index in [-0.39, 0.29) is 17.9 Å². The van der Waals surface area contributed by atoms with Crippen LogP contribution in [0.5, 0.6) is 5.75 Å². The number of halogens is 1. The van der Waals surface area contributed by atoms with Crippen LogP contribution < -0.4 is 4.74 Å². The van der Waals surface area contributed by atoms with Crippen LogP contribution in [0.15, 0.2) is 85.1 Å². The molecule has 3 heterocycles. The van der Waals surface area contributed by atoms with E-state index in [1.165, 1.54) is 38.9 Å². The molecular weight excluding hydrogens is 474 g/mol. The zero-order valence-corrected chi connectivity index (χ0v) is 21.2. The van der Waals surface area contributed by atoms with Gasteiger partial charge in [-0.1, -0.05) is 54.6 Å². The topological polar surface area (TPSA) is 62.5 Å². The summed E-state index contributed by atoms with van der Waals surface area (Å²) in [5.41, 5.74) is 8.66. The number of fused-ring (bicyclic) bond motifs is 3. The second-order valence-corrected chi connectivity index (χ2v) is 8.80. The van der Waals surface area contributed by atoms with Crippen LogP contribution in [-0.4, -0.2) is 59.3 Å². The molecule has 0 bridgehead atoms. The van der Waals surface area contributed by atoms with Crippen LogP contribution in [0.3, 0.4) is 0 Å². The SMILES string of the molecule is COc1ccc(-c2cn3c4ccccc4n(CCN4CCOCC4)c3c2-c2ccccc2)cc1.Cl.O. The molecule has 6 nitrogen and oxygen atoms in total. The molecule has 2 aromatic heterocycles. The second-order valence-electron chi connectivity index (χ2n) is 8.80. The number of morpholine rings is 1. The number of nitrogens with zero attached hydrogens (tertiary/aromatic N) is 3. The fourth-order valence-electron chi connectivity index (χ4n) is 5.13. The molecule has 1 fully saturated rings. The first kappa shape index (κ1) is 25.8. The lowest BCUT2D eigenvalue weighted by Gasteiger charge is -2.26. The maximum atomic E-state index is 5.56. The van der Waals surface area contributed by atoms with E-state index in [0.29, 0.717) is 0 Å². The van der Waals surface area contributed by atoms with Gasteiger partial charge in [0.15, 0.2) is 0 Å². The number of hydrogen-bond donors (Lipinski definition) is 0. The molecule has 5 aromatic rings. The standard InChI is InChI=1S/C29H29N3O2.ClH.H2O/c1-33-24-13-11-22(12-14-24)25-21-32-27-10-6-5-9-26(27)31(16-15-30-17-19-34-20-18-30)29(32)28(25)23-7-3-2-4-8-23;;/h2-14,21H,15-20H2,1H3;1H;1H2. The Labute approximate surface area is 217 Å². The van der Waals surface area contributed by atoms with Crippen molar-refractivity contribution in [2.75, 3.05) is 40.0 Å². The zero-order valence-electron chi connectivity index (χ0n) is 20.4. The summed E-state index contributed by atoms with van der Waals surface area (Å²) in [6.45, 7) is 5.59. The maximum Gasteiger partial charge on any atom is 0.126 e. The molecule has 7 heteroatoms. The number of aromatic nitrogens is 2. The smallest absolute Gasteiger partial charge is 0.126 e. The predicted octanol–water partition coefficient (Wildman–Crippen LogP) is 5.17. The summed E-state index contributed by atoms with van der Waals surface area (Å²) in [7, 11) is 1.71. The van der Waals surface area contributed by atoms with Crippen molar-refractivity contribution in [1.82, 2.24) is 13.9 Å². The lowest BCUT2D eigenvalue weighted by molar-refractivity contribution is 0.0366. The fourth-order valence-corrected chi connectivity index (χ4v) is 5.13. The van der Waals surface area contributed by atoms with Gasteiger partial charge < -0.3 is 19.5 Å². The highest BCUT2D eigenvalue weighted by Crippen LogP contribution is 2.40. The van der Waals surface area contributed by atoms with Crippen molar-refractivity contribution in [3.8, 4) is 28.0 Å². The van der Waals surface area contributed by atoms with E-state index in [9.17, 15) is 0 Å². The Morgan fingerprint density at radius 2 is 1.44 bits per heavy atom. The third kappa shape index (κ3) is 4.61. The second kappa shape index (κ2) is 11.2. The van der Waals surface area contributed by atoms with E-state index in [4.69, 9.17) is 9.47 Å². The Kier molecular flexibility index (Phi) is 8.01. The molecule has 1 aliphatic heterocycles. The number of imidazole rings is 1. The van der Waals surface area contributed by atoms with Gasteiger partial charge in [0.25, 0.3) is 0 Å². The molecule has 0 saturated carbocycles. The maximum absolute atomic E-state index is 5.56. The summed E-state index contributed by atoms with van der Waals surface area (Å²) in [6.07, 6.45) is 2.30. The van der Waals surface area contributed by atoms with Crippen molar-refractivity contribution in [3.63, 3.8) is 0 Å². The van der Waals surface area contributed by atoms with Gasteiger partial charge in [0, 0.05) is 43.5 Å². The Morgan fingerprint density at radius 3 is 2.14 bits per heavy atom. The van der Waals surface area contributed by atoms with Crippen LogP contribution in [0.25, 0.3) is 38.9 Å².